The van der Waals surface area contributed by atoms with Crippen LogP contribution in [0.2, 0.25) is 0 Å². The Balaban J connectivity index is 3.05. The molecule has 170 valence electrons. The molecule has 2 rings (SSSR count). The number of rotatable bonds is 10. The fourth-order valence-electron chi connectivity index (χ4n) is 4.04. The number of carbonyl (C=O) groups is 3. The fraction of sp³-hybridized carbons (Fsp3) is 0.368. The van der Waals surface area contributed by atoms with Gasteiger partial charge in [0.15, 0.2) is 0 Å². The average molecular weight is 472 g/mol. The van der Waals surface area contributed by atoms with E-state index in [-0.39, 0.29) is 37.7 Å². The van der Waals surface area contributed by atoms with E-state index in [9.17, 15) is 34.7 Å². The molecule has 1 amide bonds. The number of hydrogen-bond acceptors (Lipinski definition) is 7. The van der Waals surface area contributed by atoms with E-state index in [1.165, 1.54) is 12.1 Å². The van der Waals surface area contributed by atoms with Crippen LogP contribution in [0.4, 0.5) is 5.00 Å². The molecule has 0 saturated heterocycles. The average Bonchev–Trinajstić information content (AvgIpc) is 3.28. The molecule has 31 heavy (non-hydrogen) atoms. The van der Waals surface area contributed by atoms with Gasteiger partial charge in [0, 0.05) is 22.3 Å². The number of carboxylic acid groups (broad SMARTS) is 2. The van der Waals surface area contributed by atoms with E-state index in [4.69, 9.17) is 0 Å². The lowest BCUT2D eigenvalue weighted by Crippen LogP contribution is -2.34. The molecular formula is C19H25N3O7S2. The smallest absolute Gasteiger partial charge is 0.339 e. The van der Waals surface area contributed by atoms with Gasteiger partial charge in [-0.25, -0.2) is 9.59 Å². The van der Waals surface area contributed by atoms with Crippen molar-refractivity contribution >= 4 is 55.2 Å². The zero-order valence-corrected chi connectivity index (χ0v) is 19.1. The van der Waals surface area contributed by atoms with Crippen LogP contribution in [0.5, 0.6) is 0 Å². The Bertz CT molecular complexity index is 1050. The minimum absolute atomic E-state index is 0.0413. The molecule has 1 aromatic rings. The first-order valence-electron chi connectivity index (χ1n) is 9.54. The van der Waals surface area contributed by atoms with Crippen LogP contribution in [0.1, 0.15) is 38.5 Å². The summed E-state index contributed by atoms with van der Waals surface area (Å²) in [5.74, 6) is -3.10. The highest BCUT2D eigenvalue weighted by molar-refractivity contribution is 8.58. The first-order chi connectivity index (χ1) is 14.5. The van der Waals surface area contributed by atoms with Crippen LogP contribution in [-0.2, 0) is 14.4 Å². The predicted octanol–water partition coefficient (Wildman–Crippen LogP) is 3.41. The lowest BCUT2D eigenvalue weighted by molar-refractivity contribution is -0.380. The van der Waals surface area contributed by atoms with Crippen LogP contribution in [-0.4, -0.2) is 51.2 Å². The Kier molecular flexibility index (Phi) is 6.76. The van der Waals surface area contributed by atoms with E-state index < -0.39 is 43.3 Å². The van der Waals surface area contributed by atoms with Gasteiger partial charge in [-0.3, -0.25) is 19.3 Å². The highest BCUT2D eigenvalue weighted by Crippen LogP contribution is 2.87. The topological polar surface area (TPSA) is 159 Å². The van der Waals surface area contributed by atoms with Crippen molar-refractivity contribution in [3.05, 3.63) is 43.3 Å². The monoisotopic (exact) mass is 471 g/mol. The quantitative estimate of drug-likeness (QED) is 0.176. The van der Waals surface area contributed by atoms with Gasteiger partial charge in [-0.2, -0.15) is 9.35 Å². The molecule has 0 aromatic carbocycles. The third-order valence-corrected chi connectivity index (χ3v) is 13.2. The standard InChI is InChI=1S/C19H25N3O7S2/c1-5-8-12(23)21-17-15(19(26)27)14(18(24)25)16(31(17,6-2,7-3)20-4)11-9-10-13(30-11)22(28)29/h9-10,31H,4-8H2,1-3H3,(H,21,23)(H,24,25)(H,26,27). The van der Waals surface area contributed by atoms with Crippen LogP contribution in [0.25, 0.3) is 4.91 Å². The number of carbonyl (C=O) groups excluding carboxylic acids is 1. The van der Waals surface area contributed by atoms with Crippen molar-refractivity contribution < 1.29 is 29.5 Å². The normalized spacial score (nSPS) is 18.2. The van der Waals surface area contributed by atoms with Crippen LogP contribution in [0.15, 0.2) is 32.7 Å². The molecule has 1 aliphatic heterocycles. The van der Waals surface area contributed by atoms with Gasteiger partial charge in [0.1, 0.15) is 5.57 Å². The second-order valence-electron chi connectivity index (χ2n) is 6.98. The van der Waals surface area contributed by atoms with Crippen LogP contribution >= 0.6 is 20.7 Å². The number of hydrogen-bond donors (Lipinski definition) is 4. The van der Waals surface area contributed by atoms with Gasteiger partial charge in [-0.05, 0) is 30.7 Å². The van der Waals surface area contributed by atoms with E-state index in [2.05, 4.69) is 16.4 Å². The molecule has 0 bridgehead atoms. The number of thiophene rings is 1. The molecule has 0 saturated carbocycles. The lowest BCUT2D eigenvalue weighted by Gasteiger charge is -2.58. The van der Waals surface area contributed by atoms with Gasteiger partial charge in [0.2, 0.25) is 5.91 Å². The highest BCUT2D eigenvalue weighted by atomic mass is 32.3. The summed E-state index contributed by atoms with van der Waals surface area (Å²) in [4.78, 5) is 48.1. The number of nitrogens with one attached hydrogen (secondary N) is 1. The minimum atomic E-state index is -4.01. The third-order valence-electron chi connectivity index (χ3n) is 5.65. The van der Waals surface area contributed by atoms with Crippen molar-refractivity contribution in [1.29, 1.82) is 0 Å². The Labute approximate surface area is 182 Å². The van der Waals surface area contributed by atoms with E-state index >= 15 is 0 Å². The summed E-state index contributed by atoms with van der Waals surface area (Å²) in [5, 5.41) is 33.7. The van der Waals surface area contributed by atoms with Gasteiger partial charge in [0.05, 0.1) is 15.5 Å². The maximum atomic E-state index is 12.5. The van der Waals surface area contributed by atoms with Crippen molar-refractivity contribution in [2.45, 2.75) is 33.6 Å². The van der Waals surface area contributed by atoms with Crippen molar-refractivity contribution in [3.63, 3.8) is 0 Å². The summed E-state index contributed by atoms with van der Waals surface area (Å²) in [7, 11) is -4.01. The number of nitro groups is 1. The van der Waals surface area contributed by atoms with Gasteiger partial charge in [0.25, 0.3) is 0 Å². The largest absolute Gasteiger partial charge is 0.478 e. The number of aliphatic carboxylic acids is 2. The summed E-state index contributed by atoms with van der Waals surface area (Å²) in [5.41, 5.74) is -1.05. The van der Waals surface area contributed by atoms with Crippen LogP contribution < -0.4 is 5.32 Å². The second-order valence-corrected chi connectivity index (χ2v) is 13.4. The zero-order chi connectivity index (χ0) is 23.6. The van der Waals surface area contributed by atoms with Crippen molar-refractivity contribution in [2.24, 2.45) is 4.40 Å². The van der Waals surface area contributed by atoms with Crippen LogP contribution in [0.3, 0.4) is 0 Å². The first-order valence-corrected chi connectivity index (χ1v) is 12.9. The Morgan fingerprint density at radius 3 is 2.13 bits per heavy atom. The maximum Gasteiger partial charge on any atom is 0.339 e. The zero-order valence-electron chi connectivity index (χ0n) is 17.4. The Morgan fingerprint density at radius 1 is 1.16 bits per heavy atom. The number of nitrogens with zero attached hydrogens (tertiary/aromatic N) is 2. The molecule has 0 unspecified atom stereocenters. The summed E-state index contributed by atoms with van der Waals surface area (Å²) in [6, 6.07) is 2.63. The third kappa shape index (κ3) is 3.55. The molecular weight excluding hydrogens is 446 g/mol. The van der Waals surface area contributed by atoms with E-state index in [1.807, 2.05) is 0 Å². The summed E-state index contributed by atoms with van der Waals surface area (Å²) < 4.78 is 4.42. The number of thiol groups is 1. The Hall–Kier alpha value is -2.99. The molecule has 12 heteroatoms. The summed E-state index contributed by atoms with van der Waals surface area (Å²) in [6.07, 6.45) is 0.607. The molecule has 2 heterocycles. The van der Waals surface area contributed by atoms with Gasteiger partial charge < -0.3 is 15.5 Å². The number of carboxylic acids is 2. The molecule has 10 nitrogen and oxygen atoms in total. The minimum Gasteiger partial charge on any atom is -0.478 e. The molecule has 1 aromatic heterocycles. The number of amides is 1. The highest BCUT2D eigenvalue weighted by Gasteiger charge is 2.56. The van der Waals surface area contributed by atoms with Crippen molar-refractivity contribution in [3.8, 4) is 0 Å². The van der Waals surface area contributed by atoms with Gasteiger partial charge >= 0.3 is 16.9 Å². The summed E-state index contributed by atoms with van der Waals surface area (Å²) >= 11 is 0.744. The maximum absolute atomic E-state index is 12.5. The molecule has 0 radical (unpaired) electrons. The van der Waals surface area contributed by atoms with Gasteiger partial charge in [-0.15, -0.1) is 0 Å². The Morgan fingerprint density at radius 2 is 1.74 bits per heavy atom. The molecule has 0 atom stereocenters. The van der Waals surface area contributed by atoms with E-state index in [0.717, 1.165) is 11.3 Å². The molecule has 0 fully saturated rings. The SMILES string of the molecule is C=N[SH]1(CC)(CC)C(NC(=O)CCC)=C(C(=O)O)C(C(=O)O)=C1c1ccc([N+](=O)[O-])s1. The van der Waals surface area contributed by atoms with Crippen molar-refractivity contribution in [1.82, 2.24) is 5.32 Å². The lowest BCUT2D eigenvalue weighted by atomic mass is 10.1. The van der Waals surface area contributed by atoms with E-state index in [1.54, 1.807) is 20.8 Å². The molecule has 0 aliphatic carbocycles. The van der Waals surface area contributed by atoms with Gasteiger partial charge in [-0.1, -0.05) is 32.1 Å². The van der Waals surface area contributed by atoms with Crippen molar-refractivity contribution in [2.75, 3.05) is 11.5 Å². The fourth-order valence-corrected chi connectivity index (χ4v) is 10.7. The first kappa shape index (κ1) is 24.3. The molecule has 3 N–H and O–H groups in total. The van der Waals surface area contributed by atoms with Crippen LogP contribution in [0, 0.1) is 10.1 Å². The molecule has 0 spiro atoms. The van der Waals surface area contributed by atoms with E-state index in [0.29, 0.717) is 6.42 Å². The summed E-state index contributed by atoms with van der Waals surface area (Å²) in [6.45, 7) is 8.95. The predicted molar refractivity (Wildman–Crippen MR) is 123 cm³/mol. The molecule has 1 aliphatic rings. The second kappa shape index (κ2) is 8.63.